The van der Waals surface area contributed by atoms with Crippen LogP contribution < -0.4 is 10.1 Å². The zero-order valence-corrected chi connectivity index (χ0v) is 14.0. The standard InChI is InChI=1S/C16H16BrClFNO/c1-2-8-20-10-11-4-3-5-13(18)16(11)21-15-9-12(17)6-7-14(15)19/h3-7,9,20H,2,8,10H2,1H3. The van der Waals surface area contributed by atoms with Crippen molar-refractivity contribution in [1.29, 1.82) is 0 Å². The first-order chi connectivity index (χ1) is 10.1. The van der Waals surface area contributed by atoms with Crippen molar-refractivity contribution in [2.75, 3.05) is 6.54 Å². The van der Waals surface area contributed by atoms with Gasteiger partial charge in [0.05, 0.1) is 5.02 Å². The summed E-state index contributed by atoms with van der Waals surface area (Å²) in [5, 5.41) is 3.75. The minimum Gasteiger partial charge on any atom is -0.452 e. The Morgan fingerprint density at radius 2 is 2.10 bits per heavy atom. The molecule has 5 heteroatoms. The fraction of sp³-hybridized carbons (Fsp3) is 0.250. The highest BCUT2D eigenvalue weighted by molar-refractivity contribution is 9.10. The molecule has 0 spiro atoms. The molecule has 0 aromatic heterocycles. The van der Waals surface area contributed by atoms with E-state index in [0.29, 0.717) is 17.3 Å². The summed E-state index contributed by atoms with van der Waals surface area (Å²) in [5.41, 5.74) is 0.898. The van der Waals surface area contributed by atoms with E-state index in [-0.39, 0.29) is 5.75 Å². The molecule has 0 bridgehead atoms. The number of hydrogen-bond donors (Lipinski definition) is 1. The molecule has 2 rings (SSSR count). The Labute approximate surface area is 137 Å². The summed E-state index contributed by atoms with van der Waals surface area (Å²) in [4.78, 5) is 0. The quantitative estimate of drug-likeness (QED) is 0.673. The van der Waals surface area contributed by atoms with Crippen molar-refractivity contribution in [2.24, 2.45) is 0 Å². The van der Waals surface area contributed by atoms with E-state index < -0.39 is 5.82 Å². The molecule has 0 aliphatic heterocycles. The second-order valence-corrected chi connectivity index (χ2v) is 5.90. The van der Waals surface area contributed by atoms with Gasteiger partial charge in [-0.15, -0.1) is 0 Å². The number of hydrogen-bond acceptors (Lipinski definition) is 2. The van der Waals surface area contributed by atoms with Crippen molar-refractivity contribution in [3.05, 3.63) is 57.3 Å². The van der Waals surface area contributed by atoms with Gasteiger partial charge in [0.2, 0.25) is 0 Å². The molecule has 0 heterocycles. The van der Waals surface area contributed by atoms with Gasteiger partial charge in [-0.3, -0.25) is 0 Å². The molecule has 2 aromatic rings. The van der Waals surface area contributed by atoms with Crippen LogP contribution in [0.25, 0.3) is 0 Å². The van der Waals surface area contributed by atoms with Gasteiger partial charge in [0.1, 0.15) is 0 Å². The van der Waals surface area contributed by atoms with Crippen LogP contribution in [0.15, 0.2) is 40.9 Å². The van der Waals surface area contributed by atoms with Crippen LogP contribution in [-0.4, -0.2) is 6.54 Å². The summed E-state index contributed by atoms with van der Waals surface area (Å²) in [6, 6.07) is 10.1. The fourth-order valence-corrected chi connectivity index (χ4v) is 2.44. The average Bonchev–Trinajstić information content (AvgIpc) is 2.46. The molecule has 21 heavy (non-hydrogen) atoms. The van der Waals surface area contributed by atoms with Crippen LogP contribution in [-0.2, 0) is 6.54 Å². The Bertz CT molecular complexity index is 621. The normalized spacial score (nSPS) is 10.7. The Hall–Kier alpha value is -1.10. The van der Waals surface area contributed by atoms with Gasteiger partial charge in [-0.2, -0.15) is 0 Å². The van der Waals surface area contributed by atoms with Gasteiger partial charge >= 0.3 is 0 Å². The predicted octanol–water partition coefficient (Wildman–Crippen LogP) is 5.53. The van der Waals surface area contributed by atoms with Gasteiger partial charge in [-0.05, 0) is 37.2 Å². The van der Waals surface area contributed by atoms with Crippen LogP contribution in [0.1, 0.15) is 18.9 Å². The lowest BCUT2D eigenvalue weighted by atomic mass is 10.2. The highest BCUT2D eigenvalue weighted by Crippen LogP contribution is 2.35. The number of halogens is 3. The van der Waals surface area contributed by atoms with E-state index in [1.807, 2.05) is 12.1 Å². The summed E-state index contributed by atoms with van der Waals surface area (Å²) in [6.07, 6.45) is 1.04. The minimum atomic E-state index is -0.425. The van der Waals surface area contributed by atoms with Gasteiger partial charge in [-0.25, -0.2) is 4.39 Å². The van der Waals surface area contributed by atoms with Crippen LogP contribution in [0, 0.1) is 5.82 Å². The van der Waals surface area contributed by atoms with E-state index in [4.69, 9.17) is 16.3 Å². The minimum absolute atomic E-state index is 0.147. The Morgan fingerprint density at radius 3 is 2.86 bits per heavy atom. The number of rotatable bonds is 6. The van der Waals surface area contributed by atoms with E-state index in [9.17, 15) is 4.39 Å². The molecule has 0 saturated heterocycles. The zero-order valence-electron chi connectivity index (χ0n) is 11.6. The summed E-state index contributed by atoms with van der Waals surface area (Å²) in [7, 11) is 0. The molecule has 0 saturated carbocycles. The maximum Gasteiger partial charge on any atom is 0.165 e. The molecule has 112 valence electrons. The molecule has 2 aromatic carbocycles. The van der Waals surface area contributed by atoms with Gasteiger partial charge < -0.3 is 10.1 Å². The van der Waals surface area contributed by atoms with Crippen molar-refractivity contribution in [2.45, 2.75) is 19.9 Å². The first kappa shape index (κ1) is 16.3. The van der Waals surface area contributed by atoms with E-state index in [1.54, 1.807) is 18.2 Å². The predicted molar refractivity (Wildman–Crippen MR) is 87.6 cm³/mol. The van der Waals surface area contributed by atoms with E-state index in [1.165, 1.54) is 6.07 Å². The molecule has 1 N–H and O–H groups in total. The molecule has 0 aliphatic rings. The highest BCUT2D eigenvalue weighted by atomic mass is 79.9. The van der Waals surface area contributed by atoms with Crippen molar-refractivity contribution >= 4 is 27.5 Å². The molecule has 0 aliphatic carbocycles. The van der Waals surface area contributed by atoms with Gasteiger partial charge in [-0.1, -0.05) is 46.6 Å². The van der Waals surface area contributed by atoms with Crippen molar-refractivity contribution < 1.29 is 9.13 Å². The third-order valence-electron chi connectivity index (χ3n) is 2.90. The number of nitrogens with one attached hydrogen (secondary N) is 1. The number of benzene rings is 2. The van der Waals surface area contributed by atoms with Crippen LogP contribution in [0.5, 0.6) is 11.5 Å². The third kappa shape index (κ3) is 4.43. The van der Waals surface area contributed by atoms with E-state index >= 15 is 0 Å². The maximum absolute atomic E-state index is 13.8. The summed E-state index contributed by atoms with van der Waals surface area (Å²) in [5.74, 6) is 0.208. The average molecular weight is 373 g/mol. The smallest absolute Gasteiger partial charge is 0.165 e. The number of ether oxygens (including phenoxy) is 1. The number of para-hydroxylation sites is 1. The Kier molecular flexibility index (Phi) is 6.03. The molecule has 2 nitrogen and oxygen atoms in total. The first-order valence-corrected chi connectivity index (χ1v) is 7.90. The molecule has 0 fully saturated rings. The fourth-order valence-electron chi connectivity index (χ4n) is 1.87. The SMILES string of the molecule is CCCNCc1cccc(Cl)c1Oc1cc(Br)ccc1F. The molecule has 0 amide bonds. The molecule has 0 atom stereocenters. The zero-order chi connectivity index (χ0) is 15.2. The highest BCUT2D eigenvalue weighted by Gasteiger charge is 2.12. The maximum atomic E-state index is 13.8. The molecule has 0 unspecified atom stereocenters. The van der Waals surface area contributed by atoms with Gasteiger partial charge in [0, 0.05) is 16.6 Å². The van der Waals surface area contributed by atoms with Crippen LogP contribution in [0.3, 0.4) is 0 Å². The van der Waals surface area contributed by atoms with Crippen molar-refractivity contribution in [3.63, 3.8) is 0 Å². The van der Waals surface area contributed by atoms with E-state index in [0.717, 1.165) is 23.0 Å². The molecule has 0 radical (unpaired) electrons. The topological polar surface area (TPSA) is 21.3 Å². The van der Waals surface area contributed by atoms with Crippen molar-refractivity contribution in [1.82, 2.24) is 5.32 Å². The molecular formula is C16H16BrClFNO. The Balaban J connectivity index is 2.27. The lowest BCUT2D eigenvalue weighted by molar-refractivity contribution is 0.435. The lowest BCUT2D eigenvalue weighted by Crippen LogP contribution is -2.14. The van der Waals surface area contributed by atoms with Gasteiger partial charge in [0.25, 0.3) is 0 Å². The molecular weight excluding hydrogens is 357 g/mol. The monoisotopic (exact) mass is 371 g/mol. The van der Waals surface area contributed by atoms with Gasteiger partial charge in [0.15, 0.2) is 17.3 Å². The lowest BCUT2D eigenvalue weighted by Gasteiger charge is -2.14. The summed E-state index contributed by atoms with van der Waals surface area (Å²) in [6.45, 7) is 3.62. The van der Waals surface area contributed by atoms with Crippen LogP contribution in [0.2, 0.25) is 5.02 Å². The Morgan fingerprint density at radius 1 is 1.29 bits per heavy atom. The largest absolute Gasteiger partial charge is 0.452 e. The summed E-state index contributed by atoms with van der Waals surface area (Å²) >= 11 is 9.50. The van der Waals surface area contributed by atoms with Crippen LogP contribution >= 0.6 is 27.5 Å². The van der Waals surface area contributed by atoms with Crippen molar-refractivity contribution in [3.8, 4) is 11.5 Å². The summed E-state index contributed by atoms with van der Waals surface area (Å²) < 4.78 is 20.3. The third-order valence-corrected chi connectivity index (χ3v) is 3.69. The second kappa shape index (κ2) is 7.78. The second-order valence-electron chi connectivity index (χ2n) is 4.58. The van der Waals surface area contributed by atoms with Crippen LogP contribution in [0.4, 0.5) is 4.39 Å². The van der Waals surface area contributed by atoms with E-state index in [2.05, 4.69) is 28.2 Å². The first-order valence-electron chi connectivity index (χ1n) is 6.73.